The van der Waals surface area contributed by atoms with Gasteiger partial charge in [-0.05, 0) is 63.4 Å². The first kappa shape index (κ1) is 22.3. The molecule has 1 fully saturated rings. The van der Waals surface area contributed by atoms with Gasteiger partial charge in [0, 0.05) is 23.2 Å². The molecule has 0 spiro atoms. The number of hydrogen-bond acceptors (Lipinski definition) is 4. The van der Waals surface area contributed by atoms with Crippen LogP contribution in [0.1, 0.15) is 79.7 Å². The topological polar surface area (TPSA) is 56.0 Å². The minimum absolute atomic E-state index is 0.00394. The molecule has 1 aromatic rings. The molecular formula is C23H37N3O2S. The van der Waals surface area contributed by atoms with E-state index in [0.29, 0.717) is 6.61 Å². The first-order chi connectivity index (χ1) is 13.5. The van der Waals surface area contributed by atoms with Crippen LogP contribution in [0.3, 0.4) is 0 Å². The van der Waals surface area contributed by atoms with E-state index in [4.69, 9.17) is 9.73 Å². The van der Waals surface area contributed by atoms with Crippen molar-refractivity contribution in [1.82, 2.24) is 3.96 Å². The van der Waals surface area contributed by atoms with Crippen LogP contribution < -0.4 is 4.67 Å². The fourth-order valence-electron chi connectivity index (χ4n) is 4.43. The van der Waals surface area contributed by atoms with Crippen molar-refractivity contribution in [3.05, 3.63) is 16.4 Å². The Kier molecular flexibility index (Phi) is 6.15. The summed E-state index contributed by atoms with van der Waals surface area (Å²) in [6.07, 6.45) is 7.16. The SMILES string of the molecule is CCCCc1cn(C(C)(C)C)sc1=NC(=O)[C@@]1(C)CC[C@@H](C2=NCCO2)C1(C)C. The third-order valence-corrected chi connectivity index (χ3v) is 8.38. The van der Waals surface area contributed by atoms with Crippen molar-refractivity contribution in [1.29, 1.82) is 0 Å². The predicted molar refractivity (Wildman–Crippen MR) is 119 cm³/mol. The van der Waals surface area contributed by atoms with Gasteiger partial charge in [0.15, 0.2) is 5.90 Å². The second kappa shape index (κ2) is 8.01. The van der Waals surface area contributed by atoms with E-state index in [0.717, 1.165) is 49.2 Å². The monoisotopic (exact) mass is 419 g/mol. The summed E-state index contributed by atoms with van der Waals surface area (Å²) in [6.45, 7) is 16.6. The van der Waals surface area contributed by atoms with Gasteiger partial charge in [-0.15, -0.1) is 0 Å². The molecule has 29 heavy (non-hydrogen) atoms. The highest BCUT2D eigenvalue weighted by atomic mass is 32.1. The molecule has 0 aromatic carbocycles. The molecule has 162 valence electrons. The van der Waals surface area contributed by atoms with Crippen LogP contribution in [0.5, 0.6) is 0 Å². The Morgan fingerprint density at radius 1 is 1.38 bits per heavy atom. The minimum Gasteiger partial charge on any atom is -0.479 e. The number of hydrogen-bond donors (Lipinski definition) is 0. The van der Waals surface area contributed by atoms with E-state index < -0.39 is 5.41 Å². The molecule has 1 saturated carbocycles. The largest absolute Gasteiger partial charge is 0.479 e. The molecule has 1 amide bonds. The van der Waals surface area contributed by atoms with Gasteiger partial charge >= 0.3 is 0 Å². The molecule has 5 nitrogen and oxygen atoms in total. The highest BCUT2D eigenvalue weighted by Gasteiger charge is 2.58. The summed E-state index contributed by atoms with van der Waals surface area (Å²) in [4.78, 5) is 22.8. The predicted octanol–water partition coefficient (Wildman–Crippen LogP) is 4.95. The van der Waals surface area contributed by atoms with E-state index in [1.807, 2.05) is 0 Å². The number of carbonyl (C=O) groups excluding carboxylic acids is 1. The Hall–Kier alpha value is -1.43. The highest BCUT2D eigenvalue weighted by molar-refractivity contribution is 7.04. The number of nitrogens with zero attached hydrogens (tertiary/aromatic N) is 3. The van der Waals surface area contributed by atoms with Crippen LogP contribution in [0.2, 0.25) is 0 Å². The highest BCUT2D eigenvalue weighted by Crippen LogP contribution is 2.57. The molecule has 0 N–H and O–H groups in total. The Balaban J connectivity index is 1.96. The van der Waals surface area contributed by atoms with Crippen molar-refractivity contribution >= 4 is 23.3 Å². The van der Waals surface area contributed by atoms with E-state index in [2.05, 4.69) is 63.6 Å². The first-order valence-corrected chi connectivity index (χ1v) is 11.8. The van der Waals surface area contributed by atoms with Crippen molar-refractivity contribution in [2.75, 3.05) is 13.2 Å². The fraction of sp³-hybridized carbons (Fsp3) is 0.783. The Bertz CT molecular complexity index is 856. The minimum atomic E-state index is -0.509. The van der Waals surface area contributed by atoms with Crippen molar-refractivity contribution in [2.45, 2.75) is 86.1 Å². The number of ether oxygens (including phenoxy) is 1. The normalized spacial score (nSPS) is 27.2. The fourth-order valence-corrected chi connectivity index (χ4v) is 5.47. The zero-order chi connectivity index (χ0) is 21.4. The molecule has 2 heterocycles. The zero-order valence-electron chi connectivity index (χ0n) is 19.2. The molecule has 3 rings (SSSR count). The van der Waals surface area contributed by atoms with Crippen molar-refractivity contribution < 1.29 is 9.53 Å². The third-order valence-electron chi connectivity index (χ3n) is 7.00. The summed E-state index contributed by atoms with van der Waals surface area (Å²) in [5.74, 6) is 1.04. The molecule has 0 bridgehead atoms. The standard InChI is InChI=1S/C23H37N3O2S/c1-8-9-10-16-15-26(21(2,3)4)29-19(16)25-20(27)23(7)12-11-17(22(23,5)6)18-24-13-14-28-18/h15,17H,8-14H2,1-7H3/t17-,23+/m0/s1. The molecule has 1 aliphatic heterocycles. The van der Waals surface area contributed by atoms with E-state index in [1.165, 1.54) is 5.56 Å². The number of aliphatic imine (C=N–C) groups is 1. The Morgan fingerprint density at radius 3 is 2.69 bits per heavy atom. The van der Waals surface area contributed by atoms with E-state index in [9.17, 15) is 4.79 Å². The maximum Gasteiger partial charge on any atom is 0.253 e. The van der Waals surface area contributed by atoms with Crippen molar-refractivity contribution in [3.63, 3.8) is 0 Å². The molecule has 0 radical (unpaired) electrons. The van der Waals surface area contributed by atoms with Crippen LogP contribution in [0, 0.1) is 16.7 Å². The molecule has 6 heteroatoms. The molecule has 0 saturated heterocycles. The summed E-state index contributed by atoms with van der Waals surface area (Å²) >= 11 is 1.61. The van der Waals surface area contributed by atoms with Gasteiger partial charge in [0.2, 0.25) is 0 Å². The molecule has 0 unspecified atom stereocenters. The van der Waals surface area contributed by atoms with E-state index >= 15 is 0 Å². The smallest absolute Gasteiger partial charge is 0.253 e. The second-order valence-electron chi connectivity index (χ2n) is 10.3. The Morgan fingerprint density at radius 2 is 2.10 bits per heavy atom. The Labute approximate surface area is 179 Å². The maximum atomic E-state index is 13.5. The average Bonchev–Trinajstić information content (AvgIpc) is 3.33. The summed E-state index contributed by atoms with van der Waals surface area (Å²) in [6, 6.07) is 0. The lowest BCUT2D eigenvalue weighted by atomic mass is 9.65. The molecule has 2 atom stereocenters. The summed E-state index contributed by atoms with van der Waals surface area (Å²) in [5, 5.41) is 0. The van der Waals surface area contributed by atoms with Crippen LogP contribution in [0.15, 0.2) is 16.2 Å². The van der Waals surface area contributed by atoms with Gasteiger partial charge in [0.1, 0.15) is 11.3 Å². The third kappa shape index (κ3) is 4.10. The summed E-state index contributed by atoms with van der Waals surface area (Å²) in [7, 11) is 0. The maximum absolute atomic E-state index is 13.5. The van der Waals surface area contributed by atoms with Crippen LogP contribution in [0.4, 0.5) is 0 Å². The van der Waals surface area contributed by atoms with Gasteiger partial charge in [0.05, 0.1) is 12.0 Å². The first-order valence-electron chi connectivity index (χ1n) is 11.0. The summed E-state index contributed by atoms with van der Waals surface area (Å²) in [5.41, 5.74) is 0.434. The van der Waals surface area contributed by atoms with Gasteiger partial charge in [-0.25, -0.2) is 4.99 Å². The molecule has 2 aliphatic rings. The van der Waals surface area contributed by atoms with E-state index in [-0.39, 0.29) is 22.8 Å². The van der Waals surface area contributed by atoms with Crippen LogP contribution in [0.25, 0.3) is 0 Å². The van der Waals surface area contributed by atoms with Gasteiger partial charge < -0.3 is 4.74 Å². The number of amides is 1. The lowest BCUT2D eigenvalue weighted by molar-refractivity contribution is -0.132. The average molecular weight is 420 g/mol. The lowest BCUT2D eigenvalue weighted by Crippen LogP contribution is -2.42. The number of carbonyl (C=O) groups is 1. The van der Waals surface area contributed by atoms with Crippen molar-refractivity contribution in [3.8, 4) is 0 Å². The van der Waals surface area contributed by atoms with Crippen LogP contribution >= 0.6 is 11.5 Å². The van der Waals surface area contributed by atoms with Gasteiger partial charge in [0.25, 0.3) is 5.91 Å². The second-order valence-corrected chi connectivity index (χ2v) is 11.2. The number of rotatable bonds is 5. The van der Waals surface area contributed by atoms with E-state index in [1.54, 1.807) is 11.5 Å². The summed E-state index contributed by atoms with van der Waals surface area (Å²) < 4.78 is 8.89. The van der Waals surface area contributed by atoms with Gasteiger partial charge in [-0.3, -0.25) is 13.7 Å². The lowest BCUT2D eigenvalue weighted by Gasteiger charge is -2.38. The number of unbranched alkanes of at least 4 members (excludes halogenated alkanes) is 1. The molecule has 1 aliphatic carbocycles. The number of aromatic nitrogens is 1. The molecule has 1 aromatic heterocycles. The van der Waals surface area contributed by atoms with Gasteiger partial charge in [-0.1, -0.05) is 34.1 Å². The molecular weight excluding hydrogens is 382 g/mol. The van der Waals surface area contributed by atoms with Gasteiger partial charge in [-0.2, -0.15) is 0 Å². The van der Waals surface area contributed by atoms with Crippen molar-refractivity contribution in [2.24, 2.45) is 26.7 Å². The van der Waals surface area contributed by atoms with Crippen LogP contribution in [-0.2, 0) is 21.5 Å². The zero-order valence-corrected chi connectivity index (χ0v) is 20.0. The number of aryl methyl sites for hydroxylation is 1. The van der Waals surface area contributed by atoms with Crippen LogP contribution in [-0.4, -0.2) is 28.9 Å². The quantitative estimate of drug-likeness (QED) is 0.678.